The Kier molecular flexibility index (Phi) is 4.68. The van der Waals surface area contributed by atoms with Crippen LogP contribution in [0.2, 0.25) is 0 Å². The van der Waals surface area contributed by atoms with Gasteiger partial charge in [-0.1, -0.05) is 6.07 Å². The van der Waals surface area contributed by atoms with E-state index in [-0.39, 0.29) is 23.5 Å². The minimum absolute atomic E-state index is 0.172. The lowest BCUT2D eigenvalue weighted by atomic mass is 9.96. The Morgan fingerprint density at radius 3 is 2.46 bits per heavy atom. The molecule has 0 radical (unpaired) electrons. The van der Waals surface area contributed by atoms with Gasteiger partial charge in [0, 0.05) is 31.4 Å². The van der Waals surface area contributed by atoms with Gasteiger partial charge in [-0.25, -0.2) is 9.07 Å². The van der Waals surface area contributed by atoms with Crippen LogP contribution in [-0.4, -0.2) is 44.2 Å². The molecule has 8 heteroatoms. The quantitative estimate of drug-likeness (QED) is 0.751. The van der Waals surface area contributed by atoms with E-state index in [0.717, 1.165) is 0 Å². The summed E-state index contributed by atoms with van der Waals surface area (Å²) in [7, 11) is 0. The van der Waals surface area contributed by atoms with E-state index in [1.807, 2.05) is 24.5 Å². The van der Waals surface area contributed by atoms with Crippen LogP contribution in [0, 0.1) is 11.7 Å². The molecule has 1 aromatic carbocycles. The van der Waals surface area contributed by atoms with Gasteiger partial charge in [0.1, 0.15) is 11.4 Å². The van der Waals surface area contributed by atoms with E-state index >= 15 is 0 Å². The van der Waals surface area contributed by atoms with Crippen molar-refractivity contribution in [3.05, 3.63) is 66.4 Å². The zero-order valence-corrected chi connectivity index (χ0v) is 15.2. The average molecular weight is 381 g/mol. The van der Waals surface area contributed by atoms with Crippen LogP contribution in [-0.2, 0) is 4.79 Å². The molecule has 0 atom stereocenters. The van der Waals surface area contributed by atoms with Gasteiger partial charge in [0.15, 0.2) is 5.82 Å². The Labute approximate surface area is 161 Å². The lowest BCUT2D eigenvalue weighted by molar-refractivity contribution is -0.123. The number of amides is 2. The molecule has 0 saturated carbocycles. The Morgan fingerprint density at radius 2 is 1.82 bits per heavy atom. The second kappa shape index (κ2) is 7.30. The SMILES string of the molecule is NC(=O)C1CCN(C(=O)c2cnn(-c3cccc(F)c3)c2-n2cccc2)CC1. The second-order valence-electron chi connectivity index (χ2n) is 6.83. The van der Waals surface area contributed by atoms with Gasteiger partial charge in [0.05, 0.1) is 11.9 Å². The van der Waals surface area contributed by atoms with Crippen LogP contribution in [0.1, 0.15) is 23.2 Å². The van der Waals surface area contributed by atoms with Crippen LogP contribution in [0.15, 0.2) is 55.0 Å². The van der Waals surface area contributed by atoms with Gasteiger partial charge < -0.3 is 15.2 Å². The molecule has 3 heterocycles. The predicted octanol–water partition coefficient (Wildman–Crippen LogP) is 2.14. The Balaban J connectivity index is 1.70. The number of nitrogens with zero attached hydrogens (tertiary/aromatic N) is 4. The Hall–Kier alpha value is -3.42. The molecule has 2 N–H and O–H groups in total. The third-order valence-corrected chi connectivity index (χ3v) is 5.06. The molecule has 1 aliphatic heterocycles. The van der Waals surface area contributed by atoms with Gasteiger partial charge in [-0.05, 0) is 43.2 Å². The summed E-state index contributed by atoms with van der Waals surface area (Å²) in [6.45, 7) is 0.922. The lowest BCUT2D eigenvalue weighted by Crippen LogP contribution is -2.41. The fourth-order valence-electron chi connectivity index (χ4n) is 3.55. The van der Waals surface area contributed by atoms with Gasteiger partial charge in [-0.3, -0.25) is 9.59 Å². The van der Waals surface area contributed by atoms with Crippen molar-refractivity contribution in [1.29, 1.82) is 0 Å². The maximum absolute atomic E-state index is 13.7. The number of aromatic nitrogens is 3. The van der Waals surface area contributed by atoms with Gasteiger partial charge in [0.25, 0.3) is 5.91 Å². The maximum atomic E-state index is 13.7. The molecule has 3 aromatic rings. The van der Waals surface area contributed by atoms with Crippen molar-refractivity contribution in [2.75, 3.05) is 13.1 Å². The third kappa shape index (κ3) is 3.28. The fourth-order valence-corrected chi connectivity index (χ4v) is 3.55. The highest BCUT2D eigenvalue weighted by Crippen LogP contribution is 2.24. The number of hydrogen-bond acceptors (Lipinski definition) is 3. The fraction of sp³-hybridized carbons (Fsp3) is 0.250. The number of halogens is 1. The standard InChI is InChI=1S/C20H20FN5O2/c21-15-4-3-5-16(12-15)26-19(24-8-1-2-9-24)17(13-23-26)20(28)25-10-6-14(7-11-25)18(22)27/h1-5,8-9,12-14H,6-7,10-11H2,(H2,22,27). The molecule has 0 bridgehead atoms. The van der Waals surface area contributed by atoms with E-state index in [1.165, 1.54) is 18.3 Å². The van der Waals surface area contributed by atoms with Crippen molar-refractivity contribution >= 4 is 11.8 Å². The number of benzene rings is 1. The summed E-state index contributed by atoms with van der Waals surface area (Å²) in [5.74, 6) is -0.526. The molecule has 0 spiro atoms. The summed E-state index contributed by atoms with van der Waals surface area (Å²) < 4.78 is 17.1. The van der Waals surface area contributed by atoms with E-state index in [2.05, 4.69) is 5.10 Å². The number of rotatable bonds is 4. The first kappa shape index (κ1) is 18.0. The number of carbonyl (C=O) groups excluding carboxylic acids is 2. The Morgan fingerprint density at radius 1 is 1.11 bits per heavy atom. The number of hydrogen-bond donors (Lipinski definition) is 1. The molecule has 0 unspecified atom stereocenters. The first-order valence-electron chi connectivity index (χ1n) is 9.10. The maximum Gasteiger partial charge on any atom is 0.259 e. The molecule has 1 fully saturated rings. The normalized spacial score (nSPS) is 15.0. The number of carbonyl (C=O) groups is 2. The summed E-state index contributed by atoms with van der Waals surface area (Å²) in [5, 5.41) is 4.35. The highest BCUT2D eigenvalue weighted by molar-refractivity contribution is 5.97. The van der Waals surface area contributed by atoms with Crippen molar-refractivity contribution in [2.45, 2.75) is 12.8 Å². The summed E-state index contributed by atoms with van der Waals surface area (Å²) in [6, 6.07) is 9.74. The van der Waals surface area contributed by atoms with E-state index in [1.54, 1.807) is 26.3 Å². The Bertz CT molecular complexity index is 1000. The summed E-state index contributed by atoms with van der Waals surface area (Å²) >= 11 is 0. The molecule has 2 amide bonds. The highest BCUT2D eigenvalue weighted by Gasteiger charge is 2.29. The van der Waals surface area contributed by atoms with E-state index in [0.29, 0.717) is 43.0 Å². The van der Waals surface area contributed by atoms with Gasteiger partial charge in [0.2, 0.25) is 5.91 Å². The van der Waals surface area contributed by atoms with Crippen LogP contribution < -0.4 is 5.73 Å². The number of piperidine rings is 1. The predicted molar refractivity (Wildman–Crippen MR) is 101 cm³/mol. The molecule has 28 heavy (non-hydrogen) atoms. The van der Waals surface area contributed by atoms with Crippen LogP contribution in [0.3, 0.4) is 0 Å². The largest absolute Gasteiger partial charge is 0.369 e. The smallest absolute Gasteiger partial charge is 0.259 e. The number of primary amides is 1. The first-order chi connectivity index (χ1) is 13.5. The topological polar surface area (TPSA) is 86.2 Å². The molecule has 0 aliphatic carbocycles. The van der Waals surface area contributed by atoms with Crippen molar-refractivity contribution in [3.63, 3.8) is 0 Å². The molecule has 1 saturated heterocycles. The minimum atomic E-state index is -0.382. The molecule has 4 rings (SSSR count). The monoisotopic (exact) mass is 381 g/mol. The van der Waals surface area contributed by atoms with Crippen molar-refractivity contribution in [2.24, 2.45) is 11.7 Å². The highest BCUT2D eigenvalue weighted by atomic mass is 19.1. The summed E-state index contributed by atoms with van der Waals surface area (Å²) in [5.41, 5.74) is 6.32. The minimum Gasteiger partial charge on any atom is -0.369 e. The molecular weight excluding hydrogens is 361 g/mol. The van der Waals surface area contributed by atoms with Gasteiger partial charge in [-0.2, -0.15) is 5.10 Å². The average Bonchev–Trinajstić information content (AvgIpc) is 3.37. The second-order valence-corrected chi connectivity index (χ2v) is 6.83. The molecule has 1 aliphatic rings. The van der Waals surface area contributed by atoms with Crippen molar-refractivity contribution < 1.29 is 14.0 Å². The number of likely N-dealkylation sites (tertiary alicyclic amines) is 1. The summed E-state index contributed by atoms with van der Waals surface area (Å²) in [4.78, 5) is 26.3. The van der Waals surface area contributed by atoms with Crippen LogP contribution in [0.4, 0.5) is 4.39 Å². The van der Waals surface area contributed by atoms with E-state index in [4.69, 9.17) is 5.73 Å². The van der Waals surface area contributed by atoms with Gasteiger partial charge >= 0.3 is 0 Å². The zero-order valence-electron chi connectivity index (χ0n) is 15.2. The zero-order chi connectivity index (χ0) is 19.7. The van der Waals surface area contributed by atoms with E-state index < -0.39 is 0 Å². The molecular formula is C20H20FN5O2. The lowest BCUT2D eigenvalue weighted by Gasteiger charge is -2.30. The summed E-state index contributed by atoms with van der Waals surface area (Å²) in [6.07, 6.45) is 6.23. The molecule has 7 nitrogen and oxygen atoms in total. The van der Waals surface area contributed by atoms with Crippen LogP contribution >= 0.6 is 0 Å². The van der Waals surface area contributed by atoms with Crippen molar-refractivity contribution in [3.8, 4) is 11.5 Å². The van der Waals surface area contributed by atoms with Crippen LogP contribution in [0.5, 0.6) is 0 Å². The van der Waals surface area contributed by atoms with Crippen molar-refractivity contribution in [1.82, 2.24) is 19.2 Å². The van der Waals surface area contributed by atoms with Crippen LogP contribution in [0.25, 0.3) is 11.5 Å². The first-order valence-corrected chi connectivity index (χ1v) is 9.10. The molecule has 144 valence electrons. The van der Waals surface area contributed by atoms with Gasteiger partial charge in [-0.15, -0.1) is 0 Å². The van der Waals surface area contributed by atoms with E-state index in [9.17, 15) is 14.0 Å². The molecule has 2 aromatic heterocycles. The third-order valence-electron chi connectivity index (χ3n) is 5.06. The number of nitrogens with two attached hydrogens (primary N) is 1.